The van der Waals surface area contributed by atoms with Crippen LogP contribution in [-0.2, 0) is 11.2 Å². The van der Waals surface area contributed by atoms with E-state index in [-0.39, 0.29) is 18.0 Å². The second-order valence-corrected chi connectivity index (χ2v) is 5.99. The summed E-state index contributed by atoms with van der Waals surface area (Å²) in [4.78, 5) is 16.3. The number of carbonyl (C=O) groups is 1. The van der Waals surface area contributed by atoms with Crippen molar-refractivity contribution in [3.8, 4) is 11.1 Å². The Bertz CT molecular complexity index is 788. The SMILES string of the molecule is CC(=O)c1cc(-c2cnn(C(F)F)c2)c2c(n1)[C@H]1CC[C@@H](C2)O1. The Morgan fingerprint density at radius 2 is 2.26 bits per heavy atom. The lowest BCUT2D eigenvalue weighted by atomic mass is 9.93. The lowest BCUT2D eigenvalue weighted by molar-refractivity contribution is 0.0295. The predicted molar refractivity (Wildman–Crippen MR) is 77.3 cm³/mol. The molecule has 0 saturated carbocycles. The third-order valence-corrected chi connectivity index (χ3v) is 4.47. The summed E-state index contributed by atoms with van der Waals surface area (Å²) in [7, 11) is 0. The third-order valence-electron chi connectivity index (χ3n) is 4.47. The zero-order valence-electron chi connectivity index (χ0n) is 12.5. The number of ether oxygens (including phenoxy) is 1. The van der Waals surface area contributed by atoms with Crippen molar-refractivity contribution in [1.29, 1.82) is 0 Å². The summed E-state index contributed by atoms with van der Waals surface area (Å²) in [6.07, 6.45) is 5.26. The topological polar surface area (TPSA) is 57.0 Å². The lowest BCUT2D eigenvalue weighted by Gasteiger charge is -2.25. The molecule has 1 saturated heterocycles. The number of nitrogens with zero attached hydrogens (tertiary/aromatic N) is 3. The summed E-state index contributed by atoms with van der Waals surface area (Å²) >= 11 is 0. The Balaban J connectivity index is 1.89. The fourth-order valence-electron chi connectivity index (χ4n) is 3.38. The van der Waals surface area contributed by atoms with Crippen molar-refractivity contribution < 1.29 is 18.3 Å². The molecule has 4 heterocycles. The van der Waals surface area contributed by atoms with Crippen LogP contribution in [0.25, 0.3) is 11.1 Å². The molecule has 2 aliphatic heterocycles. The van der Waals surface area contributed by atoms with Gasteiger partial charge in [-0.25, -0.2) is 9.67 Å². The predicted octanol–water partition coefficient (Wildman–Crippen LogP) is 3.32. The highest BCUT2D eigenvalue weighted by atomic mass is 19.3. The second kappa shape index (κ2) is 5.19. The molecule has 120 valence electrons. The van der Waals surface area contributed by atoms with E-state index in [1.807, 2.05) is 0 Å². The molecule has 5 nitrogen and oxygen atoms in total. The van der Waals surface area contributed by atoms with Crippen molar-refractivity contribution in [2.24, 2.45) is 0 Å². The van der Waals surface area contributed by atoms with E-state index in [1.165, 1.54) is 19.3 Å². The highest BCUT2D eigenvalue weighted by molar-refractivity contribution is 5.93. The Labute approximate surface area is 131 Å². The number of Topliss-reactive ketones (excluding diaryl/α,β-unsaturated/α-hetero) is 1. The second-order valence-electron chi connectivity index (χ2n) is 5.99. The van der Waals surface area contributed by atoms with Crippen molar-refractivity contribution >= 4 is 5.78 Å². The van der Waals surface area contributed by atoms with Crippen LogP contribution < -0.4 is 0 Å². The summed E-state index contributed by atoms with van der Waals surface area (Å²) in [6.45, 7) is -1.24. The summed E-state index contributed by atoms with van der Waals surface area (Å²) in [5.74, 6) is -0.157. The van der Waals surface area contributed by atoms with Crippen LogP contribution in [-0.4, -0.2) is 26.7 Å². The van der Waals surface area contributed by atoms with E-state index in [9.17, 15) is 13.6 Å². The molecule has 0 radical (unpaired) electrons. The van der Waals surface area contributed by atoms with E-state index >= 15 is 0 Å². The number of carbonyl (C=O) groups excluding carboxylic acids is 1. The normalized spacial score (nSPS) is 22.4. The van der Waals surface area contributed by atoms with Gasteiger partial charge in [-0.3, -0.25) is 4.79 Å². The number of fused-ring (bicyclic) bond motifs is 4. The molecule has 0 spiro atoms. The van der Waals surface area contributed by atoms with Gasteiger partial charge in [0.25, 0.3) is 0 Å². The molecule has 0 aliphatic carbocycles. The molecule has 4 rings (SSSR count). The molecule has 0 unspecified atom stereocenters. The van der Waals surface area contributed by atoms with Gasteiger partial charge in [0.05, 0.1) is 18.0 Å². The minimum absolute atomic E-state index is 0.105. The van der Waals surface area contributed by atoms with Crippen LogP contribution in [0, 0.1) is 0 Å². The summed E-state index contributed by atoms with van der Waals surface area (Å²) in [6, 6.07) is 1.68. The smallest absolute Gasteiger partial charge is 0.333 e. The number of pyridine rings is 1. The van der Waals surface area contributed by atoms with Crippen LogP contribution in [0.1, 0.15) is 54.2 Å². The first-order chi connectivity index (χ1) is 11.0. The van der Waals surface area contributed by atoms with E-state index in [4.69, 9.17) is 4.74 Å². The number of hydrogen-bond donors (Lipinski definition) is 0. The van der Waals surface area contributed by atoms with Crippen LogP contribution in [0.4, 0.5) is 8.78 Å². The highest BCUT2D eigenvalue weighted by Gasteiger charge is 2.37. The molecule has 2 bridgehead atoms. The number of ketones is 1. The van der Waals surface area contributed by atoms with Gasteiger partial charge in [-0.15, -0.1) is 0 Å². The van der Waals surface area contributed by atoms with Crippen LogP contribution in [0.3, 0.4) is 0 Å². The van der Waals surface area contributed by atoms with Crippen molar-refractivity contribution in [2.45, 2.75) is 44.9 Å². The van der Waals surface area contributed by atoms with Crippen molar-refractivity contribution in [1.82, 2.24) is 14.8 Å². The first-order valence-corrected chi connectivity index (χ1v) is 7.56. The number of alkyl halides is 2. The quantitative estimate of drug-likeness (QED) is 0.814. The van der Waals surface area contributed by atoms with Crippen molar-refractivity contribution in [3.63, 3.8) is 0 Å². The molecule has 2 aromatic rings. The van der Waals surface area contributed by atoms with E-state index in [0.29, 0.717) is 22.4 Å². The van der Waals surface area contributed by atoms with Gasteiger partial charge in [0.2, 0.25) is 0 Å². The zero-order valence-corrected chi connectivity index (χ0v) is 12.5. The summed E-state index contributed by atoms with van der Waals surface area (Å²) < 4.78 is 32.1. The third kappa shape index (κ3) is 2.35. The maximum Gasteiger partial charge on any atom is 0.333 e. The van der Waals surface area contributed by atoms with Gasteiger partial charge < -0.3 is 4.74 Å². The molecule has 7 heteroatoms. The van der Waals surface area contributed by atoms with E-state index in [2.05, 4.69) is 10.1 Å². The zero-order chi connectivity index (χ0) is 16.1. The van der Waals surface area contributed by atoms with Gasteiger partial charge in [-0.05, 0) is 30.0 Å². The molecule has 2 aliphatic rings. The molecule has 0 N–H and O–H groups in total. The van der Waals surface area contributed by atoms with Crippen LogP contribution >= 0.6 is 0 Å². The van der Waals surface area contributed by atoms with Crippen molar-refractivity contribution in [2.75, 3.05) is 0 Å². The minimum atomic E-state index is -2.69. The number of hydrogen-bond acceptors (Lipinski definition) is 4. The van der Waals surface area contributed by atoms with Crippen molar-refractivity contribution in [3.05, 3.63) is 35.4 Å². The monoisotopic (exact) mass is 319 g/mol. The van der Waals surface area contributed by atoms with Gasteiger partial charge in [0.1, 0.15) is 11.8 Å². The minimum Gasteiger partial charge on any atom is -0.368 e. The maximum atomic E-state index is 12.8. The number of halogens is 2. The van der Waals surface area contributed by atoms with Gasteiger partial charge in [-0.2, -0.15) is 13.9 Å². The number of rotatable bonds is 3. The summed E-state index contributed by atoms with van der Waals surface area (Å²) in [5, 5.41) is 3.70. The highest BCUT2D eigenvalue weighted by Crippen LogP contribution is 2.43. The maximum absolute atomic E-state index is 12.8. The van der Waals surface area contributed by atoms with Crippen LogP contribution in [0.15, 0.2) is 18.5 Å². The van der Waals surface area contributed by atoms with Gasteiger partial charge in [-0.1, -0.05) is 0 Å². The average molecular weight is 319 g/mol. The average Bonchev–Trinajstić information content (AvgIpc) is 3.14. The van der Waals surface area contributed by atoms with Gasteiger partial charge in [0.15, 0.2) is 5.78 Å². The molecule has 1 fully saturated rings. The molecule has 2 aromatic heterocycles. The number of aromatic nitrogens is 3. The van der Waals surface area contributed by atoms with Crippen LogP contribution in [0.2, 0.25) is 0 Å². The first kappa shape index (κ1) is 14.4. The van der Waals surface area contributed by atoms with Gasteiger partial charge >= 0.3 is 6.55 Å². The standard InChI is InChI=1S/C16H15F2N3O2/c1-8(22)13-5-11(9-6-19-21(7-9)16(17)18)12-4-10-2-3-14(23-10)15(12)20-13/h5-7,10,14,16H,2-4H2,1H3/t10-,14+/m0/s1. The Morgan fingerprint density at radius 1 is 1.43 bits per heavy atom. The molecular formula is C16H15F2N3O2. The van der Waals surface area contributed by atoms with E-state index in [1.54, 1.807) is 6.07 Å². The largest absolute Gasteiger partial charge is 0.368 e. The first-order valence-electron chi connectivity index (χ1n) is 7.56. The molecule has 0 aromatic carbocycles. The Kier molecular flexibility index (Phi) is 3.26. The molecule has 23 heavy (non-hydrogen) atoms. The lowest BCUT2D eigenvalue weighted by Crippen LogP contribution is -2.21. The van der Waals surface area contributed by atoms with Crippen LogP contribution in [0.5, 0.6) is 0 Å². The van der Waals surface area contributed by atoms with E-state index in [0.717, 1.165) is 29.7 Å². The summed E-state index contributed by atoms with van der Waals surface area (Å²) in [5.41, 5.74) is 3.42. The molecular weight excluding hydrogens is 304 g/mol. The Hall–Kier alpha value is -2.15. The van der Waals surface area contributed by atoms with E-state index < -0.39 is 6.55 Å². The Morgan fingerprint density at radius 3 is 2.96 bits per heavy atom. The fourth-order valence-corrected chi connectivity index (χ4v) is 3.38. The van der Waals surface area contributed by atoms with Gasteiger partial charge in [0, 0.05) is 25.1 Å². The molecule has 2 atom stereocenters. The fraction of sp³-hybridized carbons (Fsp3) is 0.438. The molecule has 0 amide bonds.